The minimum atomic E-state index is -0.707. The highest BCUT2D eigenvalue weighted by Crippen LogP contribution is 2.32. The molecule has 20 heavy (non-hydrogen) atoms. The highest BCUT2D eigenvalue weighted by molar-refractivity contribution is 7.98. The third-order valence-electron chi connectivity index (χ3n) is 3.29. The van der Waals surface area contributed by atoms with Crippen LogP contribution in [0.5, 0.6) is 0 Å². The molecule has 0 spiro atoms. The molecule has 108 valence electrons. The number of aromatic nitrogens is 4. The summed E-state index contributed by atoms with van der Waals surface area (Å²) < 4.78 is 7.32. The minimum Gasteiger partial charge on any atom is -0.394 e. The van der Waals surface area contributed by atoms with Gasteiger partial charge in [0.25, 0.3) is 0 Å². The average Bonchev–Trinajstić information content (AvgIpc) is 3.00. The Hall–Kier alpha value is -1.42. The number of fused-ring (bicyclic) bond motifs is 1. The van der Waals surface area contributed by atoms with Crippen molar-refractivity contribution < 1.29 is 14.9 Å². The van der Waals surface area contributed by atoms with Gasteiger partial charge in [0.05, 0.1) is 19.0 Å². The normalized spacial score (nSPS) is 26.4. The molecule has 3 rings (SSSR count). The number of hydrogen-bond donors (Lipinski definition) is 3. The van der Waals surface area contributed by atoms with Crippen molar-refractivity contribution in [1.29, 1.82) is 0 Å². The predicted octanol–water partition coefficient (Wildman–Crippen LogP) is -0.229. The van der Waals surface area contributed by atoms with E-state index in [1.165, 1.54) is 11.8 Å². The fraction of sp³-hybridized carbons (Fsp3) is 0.545. The topological polar surface area (TPSA) is 119 Å². The number of aliphatic hydroxyl groups excluding tert-OH is 2. The van der Waals surface area contributed by atoms with Gasteiger partial charge in [0.15, 0.2) is 5.65 Å². The van der Waals surface area contributed by atoms with Crippen LogP contribution in [0.1, 0.15) is 12.6 Å². The first-order valence-corrected chi connectivity index (χ1v) is 7.35. The van der Waals surface area contributed by atoms with Crippen molar-refractivity contribution in [3.05, 3.63) is 6.33 Å². The maximum atomic E-state index is 9.81. The molecule has 2 aromatic heterocycles. The maximum absolute atomic E-state index is 9.81. The molecule has 2 aromatic rings. The van der Waals surface area contributed by atoms with E-state index in [1.54, 1.807) is 10.9 Å². The smallest absolute Gasteiger partial charge is 0.223 e. The van der Waals surface area contributed by atoms with Crippen molar-refractivity contribution in [2.75, 3.05) is 18.6 Å². The van der Waals surface area contributed by atoms with Gasteiger partial charge in [-0.15, -0.1) is 11.8 Å². The first-order valence-electron chi connectivity index (χ1n) is 6.12. The van der Waals surface area contributed by atoms with E-state index in [9.17, 15) is 5.11 Å². The summed E-state index contributed by atoms with van der Waals surface area (Å²) in [6.07, 6.45) is 2.14. The van der Waals surface area contributed by atoms with Crippen LogP contribution in [0.2, 0.25) is 0 Å². The molecule has 8 nitrogen and oxygen atoms in total. The van der Waals surface area contributed by atoms with Gasteiger partial charge in [0, 0.05) is 6.42 Å². The Labute approximate surface area is 119 Å². The van der Waals surface area contributed by atoms with Crippen molar-refractivity contribution in [2.45, 2.75) is 29.9 Å². The summed E-state index contributed by atoms with van der Waals surface area (Å²) in [7, 11) is 0. The largest absolute Gasteiger partial charge is 0.394 e. The number of nitrogens with two attached hydrogens (primary N) is 1. The fourth-order valence-corrected chi connectivity index (χ4v) is 2.83. The first kappa shape index (κ1) is 13.6. The van der Waals surface area contributed by atoms with Gasteiger partial charge >= 0.3 is 0 Å². The van der Waals surface area contributed by atoms with Crippen LogP contribution in [0.25, 0.3) is 11.2 Å². The van der Waals surface area contributed by atoms with Crippen LogP contribution in [0.4, 0.5) is 5.95 Å². The molecule has 4 N–H and O–H groups in total. The third-order valence-corrected chi connectivity index (χ3v) is 3.97. The summed E-state index contributed by atoms with van der Waals surface area (Å²) in [5.74, 6) is 0.167. The number of ether oxygens (including phenoxy) is 1. The molecule has 3 atom stereocenters. The van der Waals surface area contributed by atoms with Crippen molar-refractivity contribution in [3.8, 4) is 0 Å². The zero-order valence-corrected chi connectivity index (χ0v) is 11.6. The zero-order valence-electron chi connectivity index (χ0n) is 10.8. The molecule has 3 heterocycles. The molecule has 0 aromatic carbocycles. The van der Waals surface area contributed by atoms with E-state index >= 15 is 0 Å². The van der Waals surface area contributed by atoms with Crippen molar-refractivity contribution in [3.63, 3.8) is 0 Å². The molecule has 1 fully saturated rings. The summed E-state index contributed by atoms with van der Waals surface area (Å²) in [4.78, 5) is 12.6. The van der Waals surface area contributed by atoms with Crippen LogP contribution in [-0.2, 0) is 4.74 Å². The van der Waals surface area contributed by atoms with Crippen molar-refractivity contribution in [1.82, 2.24) is 19.5 Å². The Morgan fingerprint density at radius 1 is 1.55 bits per heavy atom. The second kappa shape index (κ2) is 5.17. The summed E-state index contributed by atoms with van der Waals surface area (Å²) in [6.45, 7) is -0.225. The van der Waals surface area contributed by atoms with Gasteiger partial charge in [-0.25, -0.2) is 9.97 Å². The number of hydrogen-bond acceptors (Lipinski definition) is 8. The summed E-state index contributed by atoms with van der Waals surface area (Å²) in [5, 5.41) is 19.6. The van der Waals surface area contributed by atoms with Crippen molar-refractivity contribution in [2.24, 2.45) is 0 Å². The molecule has 0 radical (unpaired) electrons. The SMILES string of the molecule is CSc1nc(N)nc2c1ncn2[C@@H]1C[C@@H](O)[C@H](CO)O1. The predicted molar refractivity (Wildman–Crippen MR) is 73.1 cm³/mol. The quantitative estimate of drug-likeness (QED) is 0.525. The molecular weight excluding hydrogens is 282 g/mol. The minimum absolute atomic E-state index is 0.167. The molecule has 1 aliphatic rings. The Kier molecular flexibility index (Phi) is 3.50. The second-order valence-corrected chi connectivity index (χ2v) is 5.32. The monoisotopic (exact) mass is 297 g/mol. The molecule has 0 amide bonds. The molecule has 1 aliphatic heterocycles. The third kappa shape index (κ3) is 2.12. The lowest BCUT2D eigenvalue weighted by atomic mass is 10.2. The van der Waals surface area contributed by atoms with Gasteiger partial charge in [-0.1, -0.05) is 0 Å². The van der Waals surface area contributed by atoms with E-state index in [0.717, 1.165) is 0 Å². The molecule has 9 heteroatoms. The highest BCUT2D eigenvalue weighted by Gasteiger charge is 2.35. The van der Waals surface area contributed by atoms with E-state index in [1.807, 2.05) is 6.26 Å². The van der Waals surface area contributed by atoms with Gasteiger partial charge in [-0.05, 0) is 6.26 Å². The van der Waals surface area contributed by atoms with Crippen LogP contribution < -0.4 is 5.73 Å². The van der Waals surface area contributed by atoms with E-state index < -0.39 is 18.4 Å². The molecule has 0 unspecified atom stereocenters. The van der Waals surface area contributed by atoms with Gasteiger partial charge in [0.2, 0.25) is 5.95 Å². The summed E-state index contributed by atoms with van der Waals surface area (Å²) >= 11 is 1.44. The Morgan fingerprint density at radius 2 is 2.35 bits per heavy atom. The average molecular weight is 297 g/mol. The van der Waals surface area contributed by atoms with Gasteiger partial charge in [-0.2, -0.15) is 4.98 Å². The first-order chi connectivity index (χ1) is 9.63. The summed E-state index contributed by atoms with van der Waals surface area (Å²) in [6, 6.07) is 0. The summed E-state index contributed by atoms with van der Waals surface area (Å²) in [5.41, 5.74) is 6.92. The number of imidazole rings is 1. The van der Waals surface area contributed by atoms with Crippen LogP contribution in [0.3, 0.4) is 0 Å². The lowest BCUT2D eigenvalue weighted by molar-refractivity contribution is -0.0432. The van der Waals surface area contributed by atoms with E-state index in [-0.39, 0.29) is 12.6 Å². The zero-order chi connectivity index (χ0) is 14.3. The number of nitrogens with zero attached hydrogens (tertiary/aromatic N) is 4. The van der Waals surface area contributed by atoms with Crippen LogP contribution >= 0.6 is 11.8 Å². The Bertz CT molecular complexity index is 634. The number of anilines is 1. The highest BCUT2D eigenvalue weighted by atomic mass is 32.2. The molecule has 0 saturated carbocycles. The van der Waals surface area contributed by atoms with Gasteiger partial charge in [-0.3, -0.25) is 4.57 Å². The number of rotatable bonds is 3. The number of thioether (sulfide) groups is 1. The van der Waals surface area contributed by atoms with Gasteiger partial charge < -0.3 is 20.7 Å². The Balaban J connectivity index is 2.03. The molecule has 0 aliphatic carbocycles. The van der Waals surface area contributed by atoms with E-state index in [0.29, 0.717) is 22.6 Å². The number of nitrogen functional groups attached to an aromatic ring is 1. The second-order valence-electron chi connectivity index (χ2n) is 4.53. The van der Waals surface area contributed by atoms with E-state index in [4.69, 9.17) is 15.6 Å². The maximum Gasteiger partial charge on any atom is 0.223 e. The van der Waals surface area contributed by atoms with Gasteiger partial charge in [0.1, 0.15) is 22.9 Å². The van der Waals surface area contributed by atoms with Crippen LogP contribution in [0, 0.1) is 0 Å². The van der Waals surface area contributed by atoms with E-state index in [2.05, 4.69) is 15.0 Å². The fourth-order valence-electron chi connectivity index (χ4n) is 2.31. The molecule has 0 bridgehead atoms. The Morgan fingerprint density at radius 3 is 3.00 bits per heavy atom. The van der Waals surface area contributed by atoms with Crippen LogP contribution in [-0.4, -0.2) is 54.8 Å². The molecular formula is C11H15N5O3S. The van der Waals surface area contributed by atoms with Crippen LogP contribution in [0.15, 0.2) is 11.4 Å². The molecule has 1 saturated heterocycles. The number of aliphatic hydroxyl groups is 2. The lowest BCUT2D eigenvalue weighted by Crippen LogP contribution is -2.24. The van der Waals surface area contributed by atoms with Crippen molar-refractivity contribution >= 4 is 28.9 Å². The standard InChI is InChI=1S/C11H15N5O3S/c1-20-10-8-9(14-11(12)15-10)16(4-13-8)7-2-5(18)6(3-17)19-7/h4-7,17-18H,2-3H2,1H3,(H2,12,14,15)/t5-,6+,7+/m1/s1. The lowest BCUT2D eigenvalue weighted by Gasteiger charge is -2.13.